The Morgan fingerprint density at radius 1 is 1.30 bits per heavy atom. The summed E-state index contributed by atoms with van der Waals surface area (Å²) in [5, 5.41) is 12.5. The van der Waals surface area contributed by atoms with Crippen LogP contribution < -0.4 is 10.2 Å². The molecule has 27 heavy (non-hydrogen) atoms. The largest absolute Gasteiger partial charge is 0.345 e. The molecule has 0 bridgehead atoms. The molecule has 0 radical (unpaired) electrons. The zero-order chi connectivity index (χ0) is 19.4. The summed E-state index contributed by atoms with van der Waals surface area (Å²) in [6, 6.07) is 18.4. The molecule has 2 aromatic rings. The maximum atomic E-state index is 12.7. The number of para-hydroxylation sites is 1. The van der Waals surface area contributed by atoms with E-state index in [9.17, 15) is 10.1 Å². The molecular formula is C23H25N3O. The summed E-state index contributed by atoms with van der Waals surface area (Å²) in [6.45, 7) is 6.14. The van der Waals surface area contributed by atoms with Gasteiger partial charge in [0, 0.05) is 17.9 Å². The van der Waals surface area contributed by atoms with Gasteiger partial charge in [-0.3, -0.25) is 4.79 Å². The quantitative estimate of drug-likeness (QED) is 0.640. The minimum atomic E-state index is -0.346. The third-order valence-corrected chi connectivity index (χ3v) is 5.13. The van der Waals surface area contributed by atoms with Crippen LogP contribution in [0.4, 0.5) is 5.69 Å². The fraction of sp³-hybridized carbons (Fsp3) is 0.304. The third kappa shape index (κ3) is 4.03. The molecule has 0 fully saturated rings. The molecule has 0 aliphatic carbocycles. The van der Waals surface area contributed by atoms with Crippen LogP contribution >= 0.6 is 0 Å². The topological polar surface area (TPSA) is 56.1 Å². The zero-order valence-corrected chi connectivity index (χ0v) is 16.1. The summed E-state index contributed by atoms with van der Waals surface area (Å²) in [7, 11) is 0. The first-order chi connectivity index (χ1) is 13.0. The van der Waals surface area contributed by atoms with Gasteiger partial charge >= 0.3 is 0 Å². The van der Waals surface area contributed by atoms with Gasteiger partial charge in [0.05, 0.1) is 6.04 Å². The van der Waals surface area contributed by atoms with Crippen LogP contribution in [-0.4, -0.2) is 11.9 Å². The van der Waals surface area contributed by atoms with E-state index in [2.05, 4.69) is 43.4 Å². The summed E-state index contributed by atoms with van der Waals surface area (Å²) in [5.41, 5.74) is 4.71. The molecule has 1 aliphatic heterocycles. The van der Waals surface area contributed by atoms with Crippen LogP contribution in [0.25, 0.3) is 0 Å². The number of hydrogen-bond acceptors (Lipinski definition) is 3. The van der Waals surface area contributed by atoms with Crippen molar-refractivity contribution in [2.75, 3.05) is 4.90 Å². The smallest absolute Gasteiger partial charge is 0.263 e. The highest BCUT2D eigenvalue weighted by molar-refractivity contribution is 5.98. The van der Waals surface area contributed by atoms with Gasteiger partial charge < -0.3 is 10.2 Å². The molecule has 0 saturated carbocycles. The number of nitriles is 1. The lowest BCUT2D eigenvalue weighted by Crippen LogP contribution is -2.30. The number of nitrogens with zero attached hydrogens (tertiary/aromatic N) is 2. The second-order valence-corrected chi connectivity index (χ2v) is 7.03. The molecule has 2 atom stereocenters. The number of aryl methyl sites for hydroxylation is 1. The minimum Gasteiger partial charge on any atom is -0.345 e. The second-order valence-electron chi connectivity index (χ2n) is 7.03. The van der Waals surface area contributed by atoms with E-state index in [4.69, 9.17) is 0 Å². The average molecular weight is 359 g/mol. The van der Waals surface area contributed by atoms with Crippen molar-refractivity contribution >= 4 is 11.6 Å². The first kappa shape index (κ1) is 18.7. The van der Waals surface area contributed by atoms with Crippen molar-refractivity contribution in [3.63, 3.8) is 0 Å². The molecular weight excluding hydrogens is 334 g/mol. The van der Waals surface area contributed by atoms with E-state index in [0.29, 0.717) is 0 Å². The van der Waals surface area contributed by atoms with Crippen LogP contribution in [0.15, 0.2) is 60.3 Å². The maximum Gasteiger partial charge on any atom is 0.263 e. The lowest BCUT2D eigenvalue weighted by Gasteiger charge is -2.21. The van der Waals surface area contributed by atoms with E-state index in [-0.39, 0.29) is 23.6 Å². The number of carbonyl (C=O) groups is 1. The van der Waals surface area contributed by atoms with Crippen LogP contribution in [0, 0.1) is 11.3 Å². The molecule has 1 heterocycles. The van der Waals surface area contributed by atoms with Crippen molar-refractivity contribution < 1.29 is 4.79 Å². The molecule has 2 aromatic carbocycles. The molecule has 3 rings (SSSR count). The van der Waals surface area contributed by atoms with Gasteiger partial charge in [0.15, 0.2) is 0 Å². The van der Waals surface area contributed by atoms with Crippen molar-refractivity contribution in [1.29, 1.82) is 5.26 Å². The van der Waals surface area contributed by atoms with Gasteiger partial charge in [-0.25, -0.2) is 0 Å². The molecule has 1 amide bonds. The number of hydrogen-bond donors (Lipinski definition) is 1. The first-order valence-corrected chi connectivity index (χ1v) is 9.41. The Balaban J connectivity index is 1.76. The molecule has 4 nitrogen and oxygen atoms in total. The zero-order valence-electron chi connectivity index (χ0n) is 16.1. The van der Waals surface area contributed by atoms with E-state index < -0.39 is 0 Å². The molecule has 138 valence electrons. The summed E-state index contributed by atoms with van der Waals surface area (Å²) in [6.07, 6.45) is 3.57. The molecule has 2 unspecified atom stereocenters. The highest BCUT2D eigenvalue weighted by Crippen LogP contribution is 2.32. The highest BCUT2D eigenvalue weighted by Gasteiger charge is 2.25. The molecule has 0 aromatic heterocycles. The molecule has 0 saturated heterocycles. The number of benzene rings is 2. The van der Waals surface area contributed by atoms with Crippen molar-refractivity contribution in [3.05, 3.63) is 77.0 Å². The maximum absolute atomic E-state index is 12.7. The summed E-state index contributed by atoms with van der Waals surface area (Å²) < 4.78 is 0. The van der Waals surface area contributed by atoms with E-state index in [1.54, 1.807) is 6.20 Å². The Bertz CT molecular complexity index is 893. The van der Waals surface area contributed by atoms with Gasteiger partial charge in [0.25, 0.3) is 5.91 Å². The second kappa shape index (κ2) is 8.09. The summed E-state index contributed by atoms with van der Waals surface area (Å²) >= 11 is 0. The number of nitrogens with one attached hydrogen (secondary N) is 1. The first-order valence-electron chi connectivity index (χ1n) is 9.41. The molecule has 1 aliphatic rings. The van der Waals surface area contributed by atoms with Gasteiger partial charge in [-0.2, -0.15) is 5.26 Å². The van der Waals surface area contributed by atoms with Gasteiger partial charge in [0.2, 0.25) is 0 Å². The van der Waals surface area contributed by atoms with Gasteiger partial charge in [0.1, 0.15) is 11.6 Å². The number of carbonyl (C=O) groups excluding carboxylic acids is 1. The fourth-order valence-corrected chi connectivity index (χ4v) is 3.46. The highest BCUT2D eigenvalue weighted by atomic mass is 16.1. The Labute approximate surface area is 161 Å². The fourth-order valence-electron chi connectivity index (χ4n) is 3.46. The Morgan fingerprint density at radius 3 is 2.67 bits per heavy atom. The summed E-state index contributed by atoms with van der Waals surface area (Å²) in [5.74, 6) is -0.346. The van der Waals surface area contributed by atoms with Crippen molar-refractivity contribution in [2.24, 2.45) is 0 Å². The van der Waals surface area contributed by atoms with E-state index >= 15 is 0 Å². The number of fused-ring (bicyclic) bond motifs is 1. The monoisotopic (exact) mass is 359 g/mol. The lowest BCUT2D eigenvalue weighted by molar-refractivity contribution is -0.117. The van der Waals surface area contributed by atoms with E-state index in [1.165, 1.54) is 11.1 Å². The van der Waals surface area contributed by atoms with Crippen LogP contribution in [0.3, 0.4) is 0 Å². The Hall–Kier alpha value is -3.06. The van der Waals surface area contributed by atoms with Crippen molar-refractivity contribution in [3.8, 4) is 6.07 Å². The normalized spacial score (nSPS) is 17.2. The number of anilines is 1. The van der Waals surface area contributed by atoms with Crippen LogP contribution in [0.5, 0.6) is 0 Å². The predicted molar refractivity (Wildman–Crippen MR) is 108 cm³/mol. The molecule has 4 heteroatoms. The van der Waals surface area contributed by atoms with Gasteiger partial charge in [-0.1, -0.05) is 49.4 Å². The lowest BCUT2D eigenvalue weighted by atomic mass is 10.0. The van der Waals surface area contributed by atoms with Crippen LogP contribution in [-0.2, 0) is 17.6 Å². The SMILES string of the molecule is CCc1ccc(C(C)NC(=O)/C(C#N)=C\N2c3ccccc3CC2C)cc1. The minimum absolute atomic E-state index is 0.121. The third-order valence-electron chi connectivity index (χ3n) is 5.13. The summed E-state index contributed by atoms with van der Waals surface area (Å²) in [4.78, 5) is 14.7. The average Bonchev–Trinajstić information content (AvgIpc) is 3.00. The standard InChI is InChI=1S/C23H25N3O/c1-4-18-9-11-19(12-10-18)17(3)25-23(27)21(14-24)15-26-16(2)13-20-7-5-6-8-22(20)26/h5-12,15-17H,4,13H2,1-3H3,(H,25,27)/b21-15-. The van der Waals surface area contributed by atoms with Crippen LogP contribution in [0.1, 0.15) is 43.5 Å². The van der Waals surface area contributed by atoms with Crippen molar-refractivity contribution in [1.82, 2.24) is 5.32 Å². The van der Waals surface area contributed by atoms with Crippen LogP contribution in [0.2, 0.25) is 0 Å². The van der Waals surface area contributed by atoms with Crippen molar-refractivity contribution in [2.45, 2.75) is 45.7 Å². The Morgan fingerprint density at radius 2 is 2.00 bits per heavy atom. The van der Waals surface area contributed by atoms with Gasteiger partial charge in [-0.15, -0.1) is 0 Å². The molecule has 0 spiro atoms. The van der Waals surface area contributed by atoms with Gasteiger partial charge in [-0.05, 0) is 49.4 Å². The number of rotatable bonds is 5. The Kier molecular flexibility index (Phi) is 5.61. The van der Waals surface area contributed by atoms with E-state index in [0.717, 1.165) is 24.1 Å². The van der Waals surface area contributed by atoms with E-state index in [1.807, 2.05) is 42.2 Å². The molecule has 1 N–H and O–H groups in total. The predicted octanol–water partition coefficient (Wildman–Crippen LogP) is 4.28. The number of amides is 1.